The van der Waals surface area contributed by atoms with E-state index in [0.29, 0.717) is 5.01 Å². The van der Waals surface area contributed by atoms with Gasteiger partial charge in [0.05, 0.1) is 17.1 Å². The Labute approximate surface area is 216 Å². The fraction of sp³-hybridized carbons (Fsp3) is 0.143. The van der Waals surface area contributed by atoms with Crippen LogP contribution in [0.2, 0.25) is 0 Å². The summed E-state index contributed by atoms with van der Waals surface area (Å²) in [4.78, 5) is 25.7. The van der Waals surface area contributed by atoms with Crippen LogP contribution in [-0.4, -0.2) is 53.1 Å². The van der Waals surface area contributed by atoms with Crippen LogP contribution >= 0.6 is 11.8 Å². The zero-order valence-corrected chi connectivity index (χ0v) is 20.6. The maximum atomic E-state index is 13.0. The van der Waals surface area contributed by atoms with Gasteiger partial charge in [-0.25, -0.2) is 0 Å². The molecular weight excluding hydrogens is 555 g/mol. The number of amidine groups is 2. The molecule has 0 saturated carbocycles. The largest absolute Gasteiger partial charge is 0.490 e. The number of hydrazone groups is 1. The van der Waals surface area contributed by atoms with E-state index in [2.05, 4.69) is 10.1 Å². The molecule has 0 spiro atoms. The van der Waals surface area contributed by atoms with Crippen LogP contribution in [0.5, 0.6) is 11.5 Å². The van der Waals surface area contributed by atoms with Gasteiger partial charge in [0.2, 0.25) is 10.2 Å². The molecule has 0 atom stereocenters. The predicted octanol–water partition coefficient (Wildman–Crippen LogP) is 3.94. The smallest absolute Gasteiger partial charge is 0.441 e. The maximum Gasteiger partial charge on any atom is 0.441 e. The highest BCUT2D eigenvalue weighted by molar-refractivity contribution is 8.27. The van der Waals surface area contributed by atoms with E-state index < -0.39 is 53.8 Å². The number of amides is 1. The van der Waals surface area contributed by atoms with E-state index in [1.165, 1.54) is 24.3 Å². The van der Waals surface area contributed by atoms with Gasteiger partial charge in [0.1, 0.15) is 0 Å². The fourth-order valence-corrected chi connectivity index (χ4v) is 5.07. The van der Waals surface area contributed by atoms with Gasteiger partial charge >= 0.3 is 16.3 Å². The van der Waals surface area contributed by atoms with Gasteiger partial charge in [-0.05, 0) is 48.5 Å². The van der Waals surface area contributed by atoms with E-state index in [1.807, 2.05) is 0 Å². The summed E-state index contributed by atoms with van der Waals surface area (Å²) in [7, 11) is -4.67. The number of para-hydroxylation sites is 1. The molecular formula is C21H14F3N5O7S2. The minimum Gasteiger partial charge on any atom is -0.490 e. The minimum atomic E-state index is -4.79. The van der Waals surface area contributed by atoms with Crippen molar-refractivity contribution in [1.29, 1.82) is 5.41 Å². The van der Waals surface area contributed by atoms with Crippen LogP contribution < -0.4 is 8.92 Å². The average Bonchev–Trinajstić information content (AvgIpc) is 3.28. The Bertz CT molecular complexity index is 1570. The highest BCUT2D eigenvalue weighted by atomic mass is 32.2. The molecule has 2 aromatic rings. The second-order valence-corrected chi connectivity index (χ2v) is 9.80. The summed E-state index contributed by atoms with van der Waals surface area (Å²) in [5, 5.41) is 21.6. The van der Waals surface area contributed by atoms with Crippen LogP contribution in [-0.2, 0) is 14.9 Å². The number of nitrogens with zero attached hydrogens (tertiary/aromatic N) is 4. The Morgan fingerprint density at radius 1 is 1.21 bits per heavy atom. The zero-order chi connectivity index (χ0) is 27.8. The lowest BCUT2D eigenvalue weighted by Crippen LogP contribution is -2.35. The molecule has 2 aromatic carbocycles. The van der Waals surface area contributed by atoms with E-state index in [4.69, 9.17) is 14.3 Å². The van der Waals surface area contributed by atoms with Crippen molar-refractivity contribution in [3.8, 4) is 11.5 Å². The number of benzene rings is 2. The number of nitro groups is 1. The molecule has 1 amide bonds. The van der Waals surface area contributed by atoms with Crippen molar-refractivity contribution in [1.82, 2.24) is 5.01 Å². The lowest BCUT2D eigenvalue weighted by atomic mass is 10.1. The first-order valence-electron chi connectivity index (χ1n) is 10.3. The van der Waals surface area contributed by atoms with Gasteiger partial charge in [0, 0.05) is 6.07 Å². The first kappa shape index (κ1) is 26.8. The first-order chi connectivity index (χ1) is 17.8. The number of rotatable bonds is 7. The third-order valence-electron chi connectivity index (χ3n) is 4.81. The van der Waals surface area contributed by atoms with Crippen LogP contribution in [0, 0.1) is 15.5 Å². The molecule has 0 bridgehead atoms. The second kappa shape index (κ2) is 9.90. The van der Waals surface area contributed by atoms with Gasteiger partial charge in [-0.3, -0.25) is 20.3 Å². The number of hydrogen-bond acceptors (Lipinski definition) is 10. The lowest BCUT2D eigenvalue weighted by molar-refractivity contribution is -0.387. The molecule has 0 saturated heterocycles. The third kappa shape index (κ3) is 5.23. The quantitative estimate of drug-likeness (QED) is 0.225. The van der Waals surface area contributed by atoms with Gasteiger partial charge in [-0.1, -0.05) is 18.2 Å². The number of thioether (sulfide) groups is 1. The van der Waals surface area contributed by atoms with Crippen LogP contribution in [0.25, 0.3) is 6.08 Å². The minimum absolute atomic E-state index is 0.0459. The number of nitrogens with one attached hydrogen (secondary N) is 1. The molecule has 1 N–H and O–H groups in total. The Morgan fingerprint density at radius 3 is 2.58 bits per heavy atom. The van der Waals surface area contributed by atoms with Crippen molar-refractivity contribution in [3.63, 3.8) is 0 Å². The zero-order valence-electron chi connectivity index (χ0n) is 18.9. The average molecular weight is 569 g/mol. The van der Waals surface area contributed by atoms with Crippen LogP contribution in [0.15, 0.2) is 63.0 Å². The van der Waals surface area contributed by atoms with E-state index in [1.54, 1.807) is 6.92 Å². The predicted molar refractivity (Wildman–Crippen MR) is 130 cm³/mol. The third-order valence-corrected chi connectivity index (χ3v) is 7.04. The Kier molecular flexibility index (Phi) is 6.98. The summed E-state index contributed by atoms with van der Waals surface area (Å²) in [6, 6.07) is 8.27. The summed E-state index contributed by atoms with van der Waals surface area (Å²) < 4.78 is 75.1. The van der Waals surface area contributed by atoms with Crippen LogP contribution in [0.1, 0.15) is 12.5 Å². The number of nitro benzene ring substituents is 1. The standard InChI is InChI=1S/C21H14F3N5O7S2/c1-2-35-15-10-11(7-8-14(15)36-38(33,34)16-6-4-3-5-13(16)29(31)32)9-12-17(25)28-20(26-18(12)30)37-19(27-28)21(22,23)24/h3-10,25H,2H2,1H3/b12-9-,25-17?. The number of hydrogen-bond donors (Lipinski definition) is 1. The lowest BCUT2D eigenvalue weighted by Gasteiger charge is -2.20. The van der Waals surface area contributed by atoms with Gasteiger partial charge in [-0.15, -0.1) is 0 Å². The molecule has 0 radical (unpaired) electrons. The maximum absolute atomic E-state index is 13.0. The Hall–Kier alpha value is -4.25. The molecule has 17 heteroatoms. The van der Waals surface area contributed by atoms with Gasteiger partial charge in [-0.2, -0.15) is 36.7 Å². The van der Waals surface area contributed by atoms with Crippen molar-refractivity contribution in [2.45, 2.75) is 18.0 Å². The highest BCUT2D eigenvalue weighted by Gasteiger charge is 2.46. The molecule has 12 nitrogen and oxygen atoms in total. The van der Waals surface area contributed by atoms with Crippen molar-refractivity contribution >= 4 is 55.6 Å². The van der Waals surface area contributed by atoms with Crippen molar-refractivity contribution in [2.75, 3.05) is 6.61 Å². The number of aliphatic imine (C=N–C) groups is 1. The van der Waals surface area contributed by atoms with Crippen LogP contribution in [0.4, 0.5) is 18.9 Å². The highest BCUT2D eigenvalue weighted by Crippen LogP contribution is 2.37. The Morgan fingerprint density at radius 2 is 1.92 bits per heavy atom. The summed E-state index contributed by atoms with van der Waals surface area (Å²) >= 11 is 0.111. The molecule has 2 heterocycles. The summed E-state index contributed by atoms with van der Waals surface area (Å²) in [6.07, 6.45) is -3.65. The number of carbonyl (C=O) groups is 1. The van der Waals surface area contributed by atoms with Crippen molar-refractivity contribution in [3.05, 3.63) is 63.7 Å². The molecule has 2 aliphatic heterocycles. The van der Waals surface area contributed by atoms with Crippen LogP contribution in [0.3, 0.4) is 0 Å². The Balaban J connectivity index is 1.67. The number of ether oxygens (including phenoxy) is 1. The van der Waals surface area contributed by atoms with E-state index in [0.717, 1.165) is 24.3 Å². The molecule has 4 rings (SSSR count). The topological polar surface area (TPSA) is 165 Å². The molecule has 0 aliphatic carbocycles. The molecule has 0 fully saturated rings. The normalized spacial score (nSPS) is 16.7. The van der Waals surface area contributed by atoms with Crippen molar-refractivity contribution in [2.24, 2.45) is 10.1 Å². The SMILES string of the molecule is CCOc1cc(/C=C2/C(=N)N3N=C(C(F)(F)F)SC3=NC2=O)ccc1OS(=O)(=O)c1ccccc1[N+](=O)[O-]. The first-order valence-corrected chi connectivity index (χ1v) is 12.6. The molecule has 38 heavy (non-hydrogen) atoms. The fourth-order valence-electron chi connectivity index (χ4n) is 3.21. The van der Waals surface area contributed by atoms with Gasteiger partial charge in [0.25, 0.3) is 11.6 Å². The number of halogens is 3. The summed E-state index contributed by atoms with van der Waals surface area (Å²) in [5.41, 5.74) is -0.898. The molecule has 0 aromatic heterocycles. The number of carbonyl (C=O) groups excluding carboxylic acids is 1. The van der Waals surface area contributed by atoms with E-state index in [9.17, 15) is 36.5 Å². The molecule has 0 unspecified atom stereocenters. The van der Waals surface area contributed by atoms with Gasteiger partial charge < -0.3 is 8.92 Å². The molecule has 198 valence electrons. The number of alkyl halides is 3. The monoisotopic (exact) mass is 569 g/mol. The van der Waals surface area contributed by atoms with E-state index >= 15 is 0 Å². The number of fused-ring (bicyclic) bond motifs is 1. The van der Waals surface area contributed by atoms with Crippen molar-refractivity contribution < 1.29 is 40.2 Å². The second-order valence-electron chi connectivity index (χ2n) is 7.32. The summed E-state index contributed by atoms with van der Waals surface area (Å²) in [6.45, 7) is 1.63. The van der Waals surface area contributed by atoms with Gasteiger partial charge in [0.15, 0.2) is 22.2 Å². The van der Waals surface area contributed by atoms with E-state index in [-0.39, 0.29) is 41.0 Å². The summed E-state index contributed by atoms with van der Waals surface area (Å²) in [5.74, 6) is -2.08. The molecule has 2 aliphatic rings.